The average molecular weight is 299 g/mol. The van der Waals surface area contributed by atoms with Crippen LogP contribution in [0.1, 0.15) is 33.1 Å². The molecule has 1 atom stereocenters. The number of carbonyl (C=O) groups is 1. The molecule has 0 aromatic heterocycles. The third-order valence-corrected chi connectivity index (χ3v) is 4.39. The number of benzene rings is 3. The van der Waals surface area contributed by atoms with Crippen molar-refractivity contribution in [1.82, 2.24) is 0 Å². The van der Waals surface area contributed by atoms with E-state index in [0.717, 1.165) is 22.4 Å². The summed E-state index contributed by atoms with van der Waals surface area (Å²) in [5.41, 5.74) is 5.12. The smallest absolute Gasteiger partial charge is 0.259 e. The molecule has 2 heteroatoms. The molecule has 1 heterocycles. The molecule has 1 unspecified atom stereocenters. The van der Waals surface area contributed by atoms with Gasteiger partial charge in [0.25, 0.3) is 5.91 Å². The molecular formula is C21H17NO. The van der Waals surface area contributed by atoms with E-state index in [1.807, 2.05) is 65.6 Å². The van der Waals surface area contributed by atoms with Crippen LogP contribution in [-0.2, 0) is 0 Å². The minimum atomic E-state index is -0.0670. The number of rotatable bonds is 2. The van der Waals surface area contributed by atoms with E-state index in [2.05, 4.69) is 25.1 Å². The Balaban J connectivity index is 1.90. The van der Waals surface area contributed by atoms with Crippen molar-refractivity contribution in [3.05, 3.63) is 101 Å². The number of fused-ring (bicyclic) bond motifs is 1. The predicted octanol–water partition coefficient (Wildman–Crippen LogP) is 4.74. The molecule has 1 aliphatic rings. The van der Waals surface area contributed by atoms with Crippen molar-refractivity contribution >= 4 is 11.6 Å². The first-order valence-corrected chi connectivity index (χ1v) is 7.80. The molecular weight excluding hydrogens is 282 g/mol. The first kappa shape index (κ1) is 13.8. The van der Waals surface area contributed by atoms with Crippen molar-refractivity contribution < 1.29 is 4.79 Å². The van der Waals surface area contributed by atoms with Gasteiger partial charge in [0.15, 0.2) is 0 Å². The highest BCUT2D eigenvalue weighted by atomic mass is 16.2. The number of carbonyl (C=O) groups excluding carboxylic acids is 1. The lowest BCUT2D eigenvalue weighted by atomic mass is 9.98. The van der Waals surface area contributed by atoms with E-state index in [1.54, 1.807) is 0 Å². The maximum absolute atomic E-state index is 13.0. The van der Waals surface area contributed by atoms with Gasteiger partial charge >= 0.3 is 0 Å². The molecule has 0 radical (unpaired) electrons. The first-order valence-electron chi connectivity index (χ1n) is 7.80. The van der Waals surface area contributed by atoms with Crippen LogP contribution in [-0.4, -0.2) is 5.91 Å². The molecule has 3 aromatic carbocycles. The molecule has 0 aliphatic carbocycles. The Kier molecular flexibility index (Phi) is 3.23. The summed E-state index contributed by atoms with van der Waals surface area (Å²) in [4.78, 5) is 14.9. The van der Waals surface area contributed by atoms with E-state index in [1.165, 1.54) is 5.56 Å². The number of aryl methyl sites for hydroxylation is 1. The molecule has 112 valence electrons. The maximum Gasteiger partial charge on any atom is 0.259 e. The van der Waals surface area contributed by atoms with Gasteiger partial charge in [-0.05, 0) is 36.2 Å². The van der Waals surface area contributed by atoms with E-state index in [0.29, 0.717) is 0 Å². The molecule has 0 fully saturated rings. The summed E-state index contributed by atoms with van der Waals surface area (Å²) in [5.74, 6) is 0.0679. The zero-order chi connectivity index (χ0) is 15.8. The molecule has 0 spiro atoms. The fraction of sp³-hybridized carbons (Fsp3) is 0.0952. The van der Waals surface area contributed by atoms with Crippen LogP contribution < -0.4 is 4.90 Å². The van der Waals surface area contributed by atoms with Gasteiger partial charge in [-0.3, -0.25) is 9.69 Å². The van der Waals surface area contributed by atoms with Gasteiger partial charge in [0, 0.05) is 11.3 Å². The number of hydrogen-bond donors (Lipinski definition) is 0. The monoisotopic (exact) mass is 299 g/mol. The van der Waals surface area contributed by atoms with Crippen LogP contribution in [0, 0.1) is 6.92 Å². The fourth-order valence-electron chi connectivity index (χ4n) is 3.25. The van der Waals surface area contributed by atoms with Gasteiger partial charge in [-0.2, -0.15) is 0 Å². The molecule has 0 saturated heterocycles. The topological polar surface area (TPSA) is 20.3 Å². The van der Waals surface area contributed by atoms with E-state index in [4.69, 9.17) is 0 Å². The SMILES string of the molecule is Cc1ccc(N2C(=O)c3ccccc3C2c2ccccc2)cc1. The summed E-state index contributed by atoms with van der Waals surface area (Å²) < 4.78 is 0. The van der Waals surface area contributed by atoms with Crippen molar-refractivity contribution in [2.45, 2.75) is 13.0 Å². The van der Waals surface area contributed by atoms with Crippen LogP contribution in [0.15, 0.2) is 78.9 Å². The van der Waals surface area contributed by atoms with E-state index in [9.17, 15) is 4.79 Å². The molecule has 4 rings (SSSR count). The van der Waals surface area contributed by atoms with Crippen molar-refractivity contribution in [2.75, 3.05) is 4.90 Å². The highest BCUT2D eigenvalue weighted by molar-refractivity contribution is 6.11. The third-order valence-electron chi connectivity index (χ3n) is 4.39. The number of amides is 1. The largest absolute Gasteiger partial charge is 0.297 e. The van der Waals surface area contributed by atoms with Crippen LogP contribution in [0.4, 0.5) is 5.69 Å². The minimum absolute atomic E-state index is 0.0670. The number of anilines is 1. The van der Waals surface area contributed by atoms with Crippen molar-refractivity contribution in [1.29, 1.82) is 0 Å². The van der Waals surface area contributed by atoms with Gasteiger partial charge < -0.3 is 0 Å². The fourth-order valence-corrected chi connectivity index (χ4v) is 3.25. The summed E-state index contributed by atoms with van der Waals surface area (Å²) in [5, 5.41) is 0. The maximum atomic E-state index is 13.0. The molecule has 0 N–H and O–H groups in total. The van der Waals surface area contributed by atoms with Gasteiger partial charge in [-0.1, -0.05) is 66.2 Å². The van der Waals surface area contributed by atoms with Crippen LogP contribution in [0.25, 0.3) is 0 Å². The lowest BCUT2D eigenvalue weighted by Gasteiger charge is -2.26. The van der Waals surface area contributed by atoms with Gasteiger partial charge in [0.1, 0.15) is 0 Å². The Bertz CT molecular complexity index is 853. The molecule has 3 aromatic rings. The molecule has 23 heavy (non-hydrogen) atoms. The Morgan fingerprint density at radius 3 is 2.17 bits per heavy atom. The quantitative estimate of drug-likeness (QED) is 0.669. The summed E-state index contributed by atoms with van der Waals surface area (Å²) in [6, 6.07) is 26.2. The summed E-state index contributed by atoms with van der Waals surface area (Å²) in [6.07, 6.45) is 0. The summed E-state index contributed by atoms with van der Waals surface area (Å²) >= 11 is 0. The first-order chi connectivity index (χ1) is 11.3. The molecule has 0 saturated carbocycles. The van der Waals surface area contributed by atoms with E-state index >= 15 is 0 Å². The zero-order valence-electron chi connectivity index (χ0n) is 12.9. The van der Waals surface area contributed by atoms with Gasteiger partial charge in [0.05, 0.1) is 6.04 Å². The summed E-state index contributed by atoms with van der Waals surface area (Å²) in [7, 11) is 0. The van der Waals surface area contributed by atoms with Crippen LogP contribution >= 0.6 is 0 Å². The lowest BCUT2D eigenvalue weighted by Crippen LogP contribution is -2.28. The van der Waals surface area contributed by atoms with Gasteiger partial charge in [0.2, 0.25) is 0 Å². The van der Waals surface area contributed by atoms with E-state index in [-0.39, 0.29) is 11.9 Å². The second-order valence-corrected chi connectivity index (χ2v) is 5.91. The van der Waals surface area contributed by atoms with E-state index < -0.39 is 0 Å². The third kappa shape index (κ3) is 2.23. The normalized spacial score (nSPS) is 16.5. The average Bonchev–Trinajstić information content (AvgIpc) is 2.90. The number of nitrogens with zero attached hydrogens (tertiary/aromatic N) is 1. The van der Waals surface area contributed by atoms with Crippen molar-refractivity contribution in [2.24, 2.45) is 0 Å². The Morgan fingerprint density at radius 2 is 1.43 bits per heavy atom. The van der Waals surface area contributed by atoms with Crippen LogP contribution in [0.2, 0.25) is 0 Å². The molecule has 1 amide bonds. The van der Waals surface area contributed by atoms with Crippen molar-refractivity contribution in [3.63, 3.8) is 0 Å². The van der Waals surface area contributed by atoms with Gasteiger partial charge in [-0.25, -0.2) is 0 Å². The molecule has 1 aliphatic heterocycles. The minimum Gasteiger partial charge on any atom is -0.297 e. The highest BCUT2D eigenvalue weighted by Gasteiger charge is 2.38. The van der Waals surface area contributed by atoms with Crippen LogP contribution in [0.3, 0.4) is 0 Å². The molecule has 0 bridgehead atoms. The predicted molar refractivity (Wildman–Crippen MR) is 92.7 cm³/mol. The Morgan fingerprint density at radius 1 is 0.783 bits per heavy atom. The second kappa shape index (κ2) is 5.40. The summed E-state index contributed by atoms with van der Waals surface area (Å²) in [6.45, 7) is 2.05. The second-order valence-electron chi connectivity index (χ2n) is 5.91. The lowest BCUT2D eigenvalue weighted by molar-refractivity contribution is 0.0993. The Labute approximate surface area is 136 Å². The molecule has 2 nitrogen and oxygen atoms in total. The van der Waals surface area contributed by atoms with Crippen molar-refractivity contribution in [3.8, 4) is 0 Å². The highest BCUT2D eigenvalue weighted by Crippen LogP contribution is 2.41. The van der Waals surface area contributed by atoms with Gasteiger partial charge in [-0.15, -0.1) is 0 Å². The standard InChI is InChI=1S/C21H17NO/c1-15-11-13-17(14-12-15)22-20(16-7-3-2-4-8-16)18-9-5-6-10-19(18)21(22)23/h2-14,20H,1H3. The number of hydrogen-bond acceptors (Lipinski definition) is 1. The van der Waals surface area contributed by atoms with Crippen LogP contribution in [0.5, 0.6) is 0 Å². The zero-order valence-corrected chi connectivity index (χ0v) is 12.9. The Hall–Kier alpha value is -2.87.